The lowest BCUT2D eigenvalue weighted by molar-refractivity contribution is -0.137. The number of fused-ring (bicyclic) bond motifs is 2. The first-order chi connectivity index (χ1) is 20.0. The molecule has 222 valence electrons. The number of rotatable bonds is 7. The smallest absolute Gasteiger partial charge is 0.408 e. The van der Waals surface area contributed by atoms with Crippen molar-refractivity contribution in [3.8, 4) is 0 Å². The molecule has 10 heteroatoms. The number of benzene rings is 2. The summed E-state index contributed by atoms with van der Waals surface area (Å²) < 4.78 is 5.46. The molecule has 10 nitrogen and oxygen atoms in total. The van der Waals surface area contributed by atoms with Gasteiger partial charge in [0.05, 0.1) is 12.1 Å². The zero-order chi connectivity index (χ0) is 30.0. The second-order valence-corrected chi connectivity index (χ2v) is 12.1. The molecule has 0 saturated carbocycles. The molecule has 0 aliphatic carbocycles. The van der Waals surface area contributed by atoms with Crippen LogP contribution in [-0.4, -0.2) is 69.0 Å². The zero-order valence-electron chi connectivity index (χ0n) is 24.6. The third-order valence-electron chi connectivity index (χ3n) is 7.99. The number of piperidine rings is 1. The summed E-state index contributed by atoms with van der Waals surface area (Å²) in [6.45, 7) is 7.65. The Morgan fingerprint density at radius 1 is 1.07 bits per heavy atom. The Balaban J connectivity index is 1.33. The average molecular weight is 574 g/mol. The number of nitrogens with zero attached hydrogens (tertiary/aromatic N) is 2. The van der Waals surface area contributed by atoms with Crippen LogP contribution in [0.15, 0.2) is 60.8 Å². The van der Waals surface area contributed by atoms with Crippen molar-refractivity contribution in [3.05, 3.63) is 71.9 Å². The minimum absolute atomic E-state index is 0.112. The van der Waals surface area contributed by atoms with Crippen LogP contribution in [0.2, 0.25) is 0 Å². The van der Waals surface area contributed by atoms with Crippen LogP contribution < -0.4 is 10.6 Å². The van der Waals surface area contributed by atoms with Crippen LogP contribution in [0.25, 0.3) is 10.9 Å². The van der Waals surface area contributed by atoms with Crippen LogP contribution in [0.4, 0.5) is 9.59 Å². The summed E-state index contributed by atoms with van der Waals surface area (Å²) in [4.78, 5) is 59.8. The predicted molar refractivity (Wildman–Crippen MR) is 159 cm³/mol. The van der Waals surface area contributed by atoms with E-state index in [0.29, 0.717) is 19.4 Å². The number of amides is 5. The van der Waals surface area contributed by atoms with Gasteiger partial charge < -0.3 is 25.3 Å². The number of H-pyrrole nitrogens is 1. The van der Waals surface area contributed by atoms with Crippen molar-refractivity contribution in [2.75, 3.05) is 6.54 Å². The lowest BCUT2D eigenvalue weighted by atomic mass is 9.90. The molecule has 3 aromatic rings. The van der Waals surface area contributed by atoms with Crippen LogP contribution in [0.3, 0.4) is 0 Å². The second-order valence-electron chi connectivity index (χ2n) is 12.1. The van der Waals surface area contributed by atoms with E-state index in [1.54, 1.807) is 25.7 Å². The maximum atomic E-state index is 13.8. The predicted octanol–water partition coefficient (Wildman–Crippen LogP) is 4.67. The Morgan fingerprint density at radius 2 is 1.79 bits per heavy atom. The van der Waals surface area contributed by atoms with Crippen molar-refractivity contribution in [2.24, 2.45) is 0 Å². The summed E-state index contributed by atoms with van der Waals surface area (Å²) >= 11 is 0. The molecule has 2 aliphatic rings. The van der Waals surface area contributed by atoms with Gasteiger partial charge in [-0.1, -0.05) is 48.5 Å². The largest absolute Gasteiger partial charge is 0.444 e. The van der Waals surface area contributed by atoms with E-state index in [0.717, 1.165) is 22.0 Å². The van der Waals surface area contributed by atoms with Gasteiger partial charge in [0, 0.05) is 42.5 Å². The van der Waals surface area contributed by atoms with Crippen molar-refractivity contribution in [2.45, 2.75) is 83.1 Å². The standard InChI is InChI=1S/C32H39N5O5/c1-20(21-11-6-5-7-12-21)37-28(38)18-27-25(15-10-16-36(27)31(37)41)34-29(39)26(35-30(40)42-32(2,3)4)17-22-19-33-24-14-9-8-13-23(22)24/h5-9,11-14,19-20,25-27,33H,10,15-18H2,1-4H3,(H,34,39)(H,35,40)/t20-,25-,26-,27+/m0/s1. The van der Waals surface area contributed by atoms with Gasteiger partial charge in [-0.25, -0.2) is 9.59 Å². The highest BCUT2D eigenvalue weighted by Crippen LogP contribution is 2.32. The first-order valence-corrected chi connectivity index (χ1v) is 14.5. The summed E-state index contributed by atoms with van der Waals surface area (Å²) in [6, 6.07) is 14.7. The quantitative estimate of drug-likeness (QED) is 0.379. The number of aromatic amines is 1. The molecule has 5 amide bonds. The Hall–Kier alpha value is -4.34. The molecule has 2 aromatic carbocycles. The van der Waals surface area contributed by atoms with E-state index >= 15 is 0 Å². The van der Waals surface area contributed by atoms with Crippen molar-refractivity contribution in [1.82, 2.24) is 25.4 Å². The molecule has 4 atom stereocenters. The van der Waals surface area contributed by atoms with Crippen LogP contribution in [0.1, 0.15) is 64.1 Å². The average Bonchev–Trinajstić information content (AvgIpc) is 3.35. The number of hydrogen-bond donors (Lipinski definition) is 3. The Morgan fingerprint density at radius 3 is 2.52 bits per heavy atom. The minimum Gasteiger partial charge on any atom is -0.444 e. The van der Waals surface area contributed by atoms with E-state index in [1.165, 1.54) is 4.90 Å². The first-order valence-electron chi connectivity index (χ1n) is 14.5. The SMILES string of the molecule is C[C@@H](c1ccccc1)N1C(=O)C[C@@H]2[C@@H](NC(=O)[C@H](Cc3c[nH]c4ccccc34)NC(=O)OC(C)(C)C)CCCN2C1=O. The molecule has 0 bridgehead atoms. The van der Waals surface area contributed by atoms with Crippen LogP contribution in [0, 0.1) is 0 Å². The highest BCUT2D eigenvalue weighted by Gasteiger charge is 2.46. The number of imide groups is 1. The molecule has 1 aromatic heterocycles. The molecule has 3 heterocycles. The van der Waals surface area contributed by atoms with Gasteiger partial charge in [0.15, 0.2) is 0 Å². The lowest BCUT2D eigenvalue weighted by Crippen LogP contribution is -2.66. The summed E-state index contributed by atoms with van der Waals surface area (Å²) in [6.07, 6.45) is 2.79. The summed E-state index contributed by atoms with van der Waals surface area (Å²) in [7, 11) is 0. The Bertz CT molecular complexity index is 1460. The number of ether oxygens (including phenoxy) is 1. The highest BCUT2D eigenvalue weighted by atomic mass is 16.6. The van der Waals surface area contributed by atoms with Gasteiger partial charge in [0.1, 0.15) is 11.6 Å². The number of para-hydroxylation sites is 1. The second kappa shape index (κ2) is 11.9. The van der Waals surface area contributed by atoms with Gasteiger partial charge in [0.25, 0.3) is 0 Å². The molecule has 0 radical (unpaired) electrons. The Labute approximate surface area is 245 Å². The maximum Gasteiger partial charge on any atom is 0.408 e. The Kier molecular flexibility index (Phi) is 8.24. The van der Waals surface area contributed by atoms with Crippen molar-refractivity contribution in [3.63, 3.8) is 0 Å². The van der Waals surface area contributed by atoms with E-state index < -0.39 is 41.8 Å². The summed E-state index contributed by atoms with van der Waals surface area (Å²) in [5, 5.41) is 6.79. The number of aromatic nitrogens is 1. The lowest BCUT2D eigenvalue weighted by Gasteiger charge is -2.48. The fraction of sp³-hybridized carbons (Fsp3) is 0.438. The number of carbonyl (C=O) groups is 4. The van der Waals surface area contributed by atoms with E-state index in [4.69, 9.17) is 4.74 Å². The third-order valence-corrected chi connectivity index (χ3v) is 7.99. The van der Waals surface area contributed by atoms with E-state index in [2.05, 4.69) is 15.6 Å². The third kappa shape index (κ3) is 6.27. The van der Waals surface area contributed by atoms with E-state index in [1.807, 2.05) is 67.7 Å². The van der Waals surface area contributed by atoms with Gasteiger partial charge >= 0.3 is 12.1 Å². The molecule has 42 heavy (non-hydrogen) atoms. The maximum absolute atomic E-state index is 13.8. The molecule has 0 spiro atoms. The topological polar surface area (TPSA) is 124 Å². The number of nitrogens with one attached hydrogen (secondary N) is 3. The normalized spacial score (nSPS) is 20.6. The molecule has 2 fully saturated rings. The molecule has 2 saturated heterocycles. The fourth-order valence-corrected chi connectivity index (χ4v) is 5.96. The number of carbonyl (C=O) groups excluding carboxylic acids is 4. The van der Waals surface area contributed by atoms with Crippen molar-refractivity contribution in [1.29, 1.82) is 0 Å². The highest BCUT2D eigenvalue weighted by molar-refractivity contribution is 5.98. The monoisotopic (exact) mass is 573 g/mol. The van der Waals surface area contributed by atoms with Gasteiger partial charge in [-0.3, -0.25) is 14.5 Å². The van der Waals surface area contributed by atoms with Crippen molar-refractivity contribution >= 4 is 34.8 Å². The number of alkyl carbamates (subject to hydrolysis) is 1. The van der Waals surface area contributed by atoms with Crippen LogP contribution in [-0.2, 0) is 20.7 Å². The molecule has 5 rings (SSSR count). The van der Waals surface area contributed by atoms with E-state index in [-0.39, 0.29) is 24.8 Å². The van der Waals surface area contributed by atoms with Crippen molar-refractivity contribution < 1.29 is 23.9 Å². The molecular formula is C32H39N5O5. The zero-order valence-corrected chi connectivity index (χ0v) is 24.6. The van der Waals surface area contributed by atoms with E-state index in [9.17, 15) is 19.2 Å². The molecule has 2 aliphatic heterocycles. The van der Waals surface area contributed by atoms with Gasteiger partial charge in [-0.15, -0.1) is 0 Å². The molecular weight excluding hydrogens is 534 g/mol. The van der Waals surface area contributed by atoms with Gasteiger partial charge in [-0.2, -0.15) is 0 Å². The number of hydrogen-bond acceptors (Lipinski definition) is 5. The minimum atomic E-state index is -0.931. The first kappa shape index (κ1) is 29.2. The molecule has 0 unspecified atom stereocenters. The molecule has 3 N–H and O–H groups in total. The summed E-state index contributed by atoms with van der Waals surface area (Å²) in [5.41, 5.74) is 1.95. The summed E-state index contributed by atoms with van der Waals surface area (Å²) in [5.74, 6) is -0.654. The van der Waals surface area contributed by atoms with Crippen LogP contribution >= 0.6 is 0 Å². The van der Waals surface area contributed by atoms with Gasteiger partial charge in [-0.05, 0) is 57.7 Å². The van der Waals surface area contributed by atoms with Crippen LogP contribution in [0.5, 0.6) is 0 Å². The van der Waals surface area contributed by atoms with Gasteiger partial charge in [0.2, 0.25) is 11.8 Å². The fourth-order valence-electron chi connectivity index (χ4n) is 5.96. The number of urea groups is 1.